The van der Waals surface area contributed by atoms with Gasteiger partial charge < -0.3 is 5.73 Å². The maximum absolute atomic E-state index is 10.6. The van der Waals surface area contributed by atoms with Gasteiger partial charge in [-0.05, 0) is 17.4 Å². The third-order valence-electron chi connectivity index (χ3n) is 1.72. The van der Waals surface area contributed by atoms with Crippen molar-refractivity contribution >= 4 is 24.0 Å². The van der Waals surface area contributed by atoms with E-state index < -0.39 is 0 Å². The van der Waals surface area contributed by atoms with Crippen molar-refractivity contribution in [3.05, 3.63) is 36.0 Å². The van der Waals surface area contributed by atoms with Gasteiger partial charge in [-0.3, -0.25) is 4.79 Å². The summed E-state index contributed by atoms with van der Waals surface area (Å²) in [6.45, 7) is 2.09. The van der Waals surface area contributed by atoms with Crippen molar-refractivity contribution in [1.82, 2.24) is 0 Å². The van der Waals surface area contributed by atoms with E-state index >= 15 is 0 Å². The van der Waals surface area contributed by atoms with Crippen LogP contribution in [0.5, 0.6) is 0 Å². The molecule has 1 unspecified atom stereocenters. The lowest BCUT2D eigenvalue weighted by Crippen LogP contribution is -2.10. The van der Waals surface area contributed by atoms with Crippen LogP contribution < -0.4 is 5.73 Å². The zero-order valence-electron chi connectivity index (χ0n) is 8.27. The number of nitrogens with two attached hydrogens (primary N) is 1. The van der Waals surface area contributed by atoms with Crippen LogP contribution in [-0.2, 0) is 4.79 Å². The van der Waals surface area contributed by atoms with E-state index in [-0.39, 0.29) is 5.91 Å². The normalized spacial score (nSPS) is 18.9. The number of carbonyl (C=O) groups excluding carboxylic acids is 1. The van der Waals surface area contributed by atoms with Gasteiger partial charge in [0.25, 0.3) is 0 Å². The fourth-order valence-electron chi connectivity index (χ4n) is 1.07. The molecule has 1 rings (SSSR count). The molecule has 0 saturated heterocycles. The van der Waals surface area contributed by atoms with Gasteiger partial charge >= 0.3 is 0 Å². The van der Waals surface area contributed by atoms with Crippen molar-refractivity contribution in [2.45, 2.75) is 13.3 Å². The van der Waals surface area contributed by atoms with Gasteiger partial charge in [0.1, 0.15) is 0 Å². The van der Waals surface area contributed by atoms with Crippen LogP contribution in [0.1, 0.15) is 13.3 Å². The maximum Gasteiger partial charge on any atom is 0.221 e. The minimum absolute atomic E-state index is 0.283. The lowest BCUT2D eigenvalue weighted by molar-refractivity contribution is -0.117. The van der Waals surface area contributed by atoms with E-state index in [4.69, 9.17) is 5.73 Å². The number of hydrogen-bond donors (Lipinski definition) is 1. The molecule has 1 amide bonds. The van der Waals surface area contributed by atoms with Crippen molar-refractivity contribution in [2.24, 2.45) is 11.7 Å². The second-order valence-electron chi connectivity index (χ2n) is 2.99. The molecule has 14 heavy (non-hydrogen) atoms. The molecular formula is C11H15NOS. The van der Waals surface area contributed by atoms with Crippen LogP contribution >= 0.6 is 12.2 Å². The van der Waals surface area contributed by atoms with Crippen LogP contribution in [0, 0.1) is 5.92 Å². The summed E-state index contributed by atoms with van der Waals surface area (Å²) in [5, 5.41) is 0. The standard InChI is InChI=1S/C10H13NO.CH2S/c1-8-3-2-4-9(6-5-8)7-10(11)12;1-2/h2-6,8H,7H2,1H3,(H2,11,12);1H2. The summed E-state index contributed by atoms with van der Waals surface area (Å²) < 4.78 is 0. The van der Waals surface area contributed by atoms with Crippen LogP contribution in [0.15, 0.2) is 36.0 Å². The van der Waals surface area contributed by atoms with Gasteiger partial charge in [-0.2, -0.15) is 0 Å². The quantitative estimate of drug-likeness (QED) is 0.708. The lowest BCUT2D eigenvalue weighted by atomic mass is 10.1. The Kier molecular flexibility index (Phi) is 6.58. The molecular weight excluding hydrogens is 194 g/mol. The van der Waals surface area contributed by atoms with Crippen molar-refractivity contribution in [3.8, 4) is 0 Å². The van der Waals surface area contributed by atoms with Crippen molar-refractivity contribution in [2.75, 3.05) is 0 Å². The maximum atomic E-state index is 10.6. The highest BCUT2D eigenvalue weighted by molar-refractivity contribution is 7.77. The third-order valence-corrected chi connectivity index (χ3v) is 1.72. The molecule has 2 N–H and O–H groups in total. The van der Waals surface area contributed by atoms with Gasteiger partial charge in [-0.15, -0.1) is 0 Å². The largest absolute Gasteiger partial charge is 0.369 e. The van der Waals surface area contributed by atoms with E-state index in [2.05, 4.69) is 37.2 Å². The highest BCUT2D eigenvalue weighted by Crippen LogP contribution is 2.11. The molecule has 76 valence electrons. The predicted molar refractivity (Wildman–Crippen MR) is 64.1 cm³/mol. The number of carbonyl (C=O) groups is 1. The van der Waals surface area contributed by atoms with Crippen LogP contribution in [0.2, 0.25) is 0 Å². The average molecular weight is 209 g/mol. The van der Waals surface area contributed by atoms with Gasteiger partial charge in [0.05, 0.1) is 6.42 Å². The van der Waals surface area contributed by atoms with E-state index in [9.17, 15) is 4.79 Å². The number of thiocarbonyl (C=S) groups is 1. The Bertz CT molecular complexity index is 279. The fraction of sp³-hybridized carbons (Fsp3) is 0.273. The number of rotatable bonds is 2. The first kappa shape index (κ1) is 12.8. The van der Waals surface area contributed by atoms with Gasteiger partial charge in [0.2, 0.25) is 5.91 Å². The van der Waals surface area contributed by atoms with Crippen molar-refractivity contribution in [3.63, 3.8) is 0 Å². The average Bonchev–Trinajstić information content (AvgIpc) is 2.34. The van der Waals surface area contributed by atoms with E-state index in [0.717, 1.165) is 5.57 Å². The van der Waals surface area contributed by atoms with Gasteiger partial charge in [-0.25, -0.2) is 0 Å². The van der Waals surface area contributed by atoms with E-state index in [1.165, 1.54) is 0 Å². The minimum Gasteiger partial charge on any atom is -0.369 e. The van der Waals surface area contributed by atoms with Crippen molar-refractivity contribution in [1.29, 1.82) is 0 Å². The molecule has 2 nitrogen and oxygen atoms in total. The molecule has 0 bridgehead atoms. The van der Waals surface area contributed by atoms with Gasteiger partial charge in [0, 0.05) is 0 Å². The van der Waals surface area contributed by atoms with E-state index in [1.807, 2.05) is 18.2 Å². The predicted octanol–water partition coefficient (Wildman–Crippen LogP) is 2.17. The highest BCUT2D eigenvalue weighted by atomic mass is 32.1. The molecule has 0 radical (unpaired) electrons. The van der Waals surface area contributed by atoms with Gasteiger partial charge in [0.15, 0.2) is 0 Å². The Labute approximate surface area is 90.2 Å². The number of amides is 1. The van der Waals surface area contributed by atoms with Gasteiger partial charge in [-0.1, -0.05) is 49.5 Å². The number of allylic oxidation sites excluding steroid dienone is 5. The summed E-state index contributed by atoms with van der Waals surface area (Å²) in [6, 6.07) is 0. The molecule has 0 fully saturated rings. The Balaban J connectivity index is 0.000000791. The fourth-order valence-corrected chi connectivity index (χ4v) is 1.07. The molecule has 1 atom stereocenters. The first-order valence-corrected chi connectivity index (χ1v) is 4.89. The van der Waals surface area contributed by atoms with Crippen LogP contribution in [0.4, 0.5) is 0 Å². The molecule has 0 aromatic heterocycles. The van der Waals surface area contributed by atoms with Crippen LogP contribution in [-0.4, -0.2) is 11.8 Å². The Morgan fingerprint density at radius 2 is 2.21 bits per heavy atom. The van der Waals surface area contributed by atoms with Crippen LogP contribution in [0.3, 0.4) is 0 Å². The van der Waals surface area contributed by atoms with E-state index in [0.29, 0.717) is 12.3 Å². The smallest absolute Gasteiger partial charge is 0.221 e. The molecule has 0 aromatic rings. The molecule has 0 spiro atoms. The molecule has 0 aliphatic heterocycles. The first-order chi connectivity index (χ1) is 6.68. The highest BCUT2D eigenvalue weighted by Gasteiger charge is 2.00. The monoisotopic (exact) mass is 209 g/mol. The summed E-state index contributed by atoms with van der Waals surface area (Å²) in [4.78, 5) is 10.6. The molecule has 3 heteroatoms. The summed E-state index contributed by atoms with van der Waals surface area (Å²) in [7, 11) is 0. The zero-order valence-corrected chi connectivity index (χ0v) is 9.09. The summed E-state index contributed by atoms with van der Waals surface area (Å²) in [5.74, 6) is 2.99. The molecule has 0 aromatic carbocycles. The molecule has 0 heterocycles. The number of primary amides is 1. The topological polar surface area (TPSA) is 43.1 Å². The van der Waals surface area contributed by atoms with Crippen LogP contribution in [0.25, 0.3) is 0 Å². The third kappa shape index (κ3) is 5.43. The molecule has 1 aliphatic carbocycles. The second kappa shape index (κ2) is 7.21. The SMILES string of the molecule is C=S.CC1C=CC=C(CC(N)=O)C=C1. The van der Waals surface area contributed by atoms with Crippen molar-refractivity contribution < 1.29 is 4.79 Å². The second-order valence-corrected chi connectivity index (χ2v) is 2.99. The Morgan fingerprint density at radius 3 is 2.79 bits per heavy atom. The Morgan fingerprint density at radius 1 is 1.57 bits per heavy atom. The first-order valence-electron chi connectivity index (χ1n) is 4.31. The summed E-state index contributed by atoms with van der Waals surface area (Å²) >= 11 is 3.83. The lowest BCUT2D eigenvalue weighted by Gasteiger charge is -1.95. The molecule has 0 saturated carbocycles. The van der Waals surface area contributed by atoms with E-state index in [1.54, 1.807) is 0 Å². The minimum atomic E-state index is -0.283. The summed E-state index contributed by atoms with van der Waals surface area (Å²) in [5.41, 5.74) is 6.05. The Hall–Kier alpha value is -1.22. The zero-order chi connectivity index (χ0) is 11.0. The number of hydrogen-bond acceptors (Lipinski definition) is 2. The molecule has 1 aliphatic rings. The summed E-state index contributed by atoms with van der Waals surface area (Å²) in [6.07, 6.45) is 10.3.